The molecule has 4 rings (SSSR count). The lowest BCUT2D eigenvalue weighted by molar-refractivity contribution is -0.121. The van der Waals surface area contributed by atoms with Gasteiger partial charge >= 0.3 is 0 Å². The maximum atomic E-state index is 12.4. The van der Waals surface area contributed by atoms with Crippen LogP contribution in [0.5, 0.6) is 0 Å². The first-order chi connectivity index (χ1) is 13.3. The molecule has 0 saturated heterocycles. The van der Waals surface area contributed by atoms with E-state index in [0.717, 1.165) is 29.9 Å². The van der Waals surface area contributed by atoms with E-state index < -0.39 is 0 Å². The quantitative estimate of drug-likeness (QED) is 0.610. The molecule has 1 aliphatic rings. The Morgan fingerprint density at radius 1 is 1.04 bits per heavy atom. The normalized spacial score (nSPS) is 15.9. The highest BCUT2D eigenvalue weighted by Gasteiger charge is 2.35. The van der Waals surface area contributed by atoms with Gasteiger partial charge in [0.25, 0.3) is 0 Å². The van der Waals surface area contributed by atoms with E-state index >= 15 is 0 Å². The van der Waals surface area contributed by atoms with Gasteiger partial charge in [0, 0.05) is 18.4 Å². The molecule has 3 aromatic rings. The number of aromatic nitrogens is 1. The van der Waals surface area contributed by atoms with Crippen LogP contribution < -0.4 is 5.32 Å². The predicted octanol–water partition coefficient (Wildman–Crippen LogP) is 5.25. The second kappa shape index (κ2) is 8.22. The minimum absolute atomic E-state index is 0.129. The Balaban J connectivity index is 1.29. The van der Waals surface area contributed by atoms with Gasteiger partial charge in [-0.15, -0.1) is 11.3 Å². The molecule has 1 aliphatic carbocycles. The van der Waals surface area contributed by atoms with E-state index in [4.69, 9.17) is 0 Å². The van der Waals surface area contributed by atoms with Gasteiger partial charge in [-0.3, -0.25) is 4.79 Å². The van der Waals surface area contributed by atoms with Gasteiger partial charge in [-0.1, -0.05) is 55.3 Å². The molecule has 1 amide bonds. The van der Waals surface area contributed by atoms with Gasteiger partial charge in [0.05, 0.1) is 15.2 Å². The Labute approximate surface area is 164 Å². The van der Waals surface area contributed by atoms with E-state index in [1.807, 2.05) is 18.2 Å². The predicted molar refractivity (Wildman–Crippen MR) is 112 cm³/mol. The molecule has 0 aliphatic heterocycles. The summed E-state index contributed by atoms with van der Waals surface area (Å²) in [5.41, 5.74) is 2.56. The lowest BCUT2D eigenvalue weighted by Gasteiger charge is -2.30. The first kappa shape index (κ1) is 18.2. The molecule has 1 N–H and O–H groups in total. The van der Waals surface area contributed by atoms with Crippen molar-refractivity contribution in [2.75, 3.05) is 6.54 Å². The number of rotatable bonds is 7. The smallest absolute Gasteiger partial charge is 0.220 e. The lowest BCUT2D eigenvalue weighted by atomic mass is 9.79. The Bertz CT molecular complexity index is 864. The van der Waals surface area contributed by atoms with Crippen LogP contribution in [0.15, 0.2) is 54.6 Å². The molecule has 140 valence electrons. The maximum absolute atomic E-state index is 12.4. The van der Waals surface area contributed by atoms with Crippen LogP contribution in [0, 0.1) is 0 Å². The third kappa shape index (κ3) is 4.22. The van der Waals surface area contributed by atoms with Crippen LogP contribution in [0.3, 0.4) is 0 Å². The van der Waals surface area contributed by atoms with Gasteiger partial charge in [-0.25, -0.2) is 4.98 Å². The number of carbonyl (C=O) groups is 1. The summed E-state index contributed by atoms with van der Waals surface area (Å²) in [6, 6.07) is 18.9. The minimum Gasteiger partial charge on any atom is -0.355 e. The maximum Gasteiger partial charge on any atom is 0.220 e. The highest BCUT2D eigenvalue weighted by atomic mass is 32.1. The zero-order chi connectivity index (χ0) is 18.5. The Morgan fingerprint density at radius 2 is 1.78 bits per heavy atom. The van der Waals surface area contributed by atoms with Gasteiger partial charge in [0.15, 0.2) is 0 Å². The zero-order valence-electron chi connectivity index (χ0n) is 15.6. The number of hydrogen-bond donors (Lipinski definition) is 1. The minimum atomic E-state index is 0.129. The summed E-state index contributed by atoms with van der Waals surface area (Å²) in [6.07, 6.45) is 7.14. The number of aryl methyl sites for hydroxylation is 1. The molecule has 0 spiro atoms. The van der Waals surface area contributed by atoms with E-state index in [0.29, 0.717) is 6.42 Å². The molecule has 0 radical (unpaired) electrons. The van der Waals surface area contributed by atoms with Gasteiger partial charge in [-0.2, -0.15) is 0 Å². The van der Waals surface area contributed by atoms with Crippen molar-refractivity contribution in [2.24, 2.45) is 0 Å². The molecule has 1 fully saturated rings. The molecule has 1 heterocycles. The number of nitrogens with zero attached hydrogens (tertiary/aromatic N) is 1. The Hall–Kier alpha value is -2.20. The molecule has 0 bridgehead atoms. The summed E-state index contributed by atoms with van der Waals surface area (Å²) < 4.78 is 1.22. The number of thiazole rings is 1. The zero-order valence-corrected chi connectivity index (χ0v) is 16.4. The van der Waals surface area contributed by atoms with Gasteiger partial charge in [0.1, 0.15) is 0 Å². The Morgan fingerprint density at radius 3 is 2.56 bits per heavy atom. The van der Waals surface area contributed by atoms with Crippen LogP contribution in [-0.4, -0.2) is 17.4 Å². The summed E-state index contributed by atoms with van der Waals surface area (Å²) >= 11 is 1.74. The van der Waals surface area contributed by atoms with Crippen molar-refractivity contribution in [1.29, 1.82) is 0 Å². The molecular formula is C23H26N2OS. The Kier molecular flexibility index (Phi) is 5.53. The van der Waals surface area contributed by atoms with Crippen LogP contribution >= 0.6 is 11.3 Å². The topological polar surface area (TPSA) is 42.0 Å². The fraction of sp³-hybridized carbons (Fsp3) is 0.391. The number of amides is 1. The monoisotopic (exact) mass is 378 g/mol. The summed E-state index contributed by atoms with van der Waals surface area (Å²) in [7, 11) is 0. The molecule has 2 aromatic carbocycles. The number of hydrogen-bond acceptors (Lipinski definition) is 3. The highest BCUT2D eigenvalue weighted by molar-refractivity contribution is 7.18. The van der Waals surface area contributed by atoms with Crippen molar-refractivity contribution in [2.45, 2.75) is 50.4 Å². The van der Waals surface area contributed by atoms with Crippen LogP contribution in [0.25, 0.3) is 10.2 Å². The van der Waals surface area contributed by atoms with E-state index in [1.165, 1.54) is 35.9 Å². The molecule has 0 atom stereocenters. The third-order valence-corrected chi connectivity index (χ3v) is 6.80. The van der Waals surface area contributed by atoms with E-state index in [2.05, 4.69) is 46.7 Å². The molecule has 1 aromatic heterocycles. The number of para-hydroxylation sites is 1. The van der Waals surface area contributed by atoms with Gasteiger partial charge in [0.2, 0.25) is 5.91 Å². The van der Waals surface area contributed by atoms with Crippen molar-refractivity contribution >= 4 is 27.5 Å². The van der Waals surface area contributed by atoms with Crippen molar-refractivity contribution in [3.8, 4) is 0 Å². The van der Waals surface area contributed by atoms with Crippen molar-refractivity contribution in [3.05, 3.63) is 65.2 Å². The van der Waals surface area contributed by atoms with Crippen molar-refractivity contribution in [1.82, 2.24) is 10.3 Å². The van der Waals surface area contributed by atoms with Crippen molar-refractivity contribution < 1.29 is 4.79 Å². The average molecular weight is 379 g/mol. The average Bonchev–Trinajstić information content (AvgIpc) is 3.34. The number of fused-ring (bicyclic) bond motifs is 1. The molecule has 1 saturated carbocycles. The summed E-state index contributed by atoms with van der Waals surface area (Å²) in [5, 5.41) is 4.35. The summed E-state index contributed by atoms with van der Waals surface area (Å²) in [4.78, 5) is 17.1. The second-order valence-corrected chi connectivity index (χ2v) is 8.67. The lowest BCUT2D eigenvalue weighted by Crippen LogP contribution is -2.38. The standard InChI is InChI=1S/C23H26N2OS/c26-21(13-8-14-22-25-19-11-4-5-12-20(19)27-22)24-17-23(15-6-7-16-23)18-9-2-1-3-10-18/h1-5,9-12H,6-8,13-17H2,(H,24,26). The van der Waals surface area contributed by atoms with Crippen LogP contribution in [0.4, 0.5) is 0 Å². The van der Waals surface area contributed by atoms with E-state index in [-0.39, 0.29) is 11.3 Å². The van der Waals surface area contributed by atoms with Gasteiger partial charge < -0.3 is 5.32 Å². The van der Waals surface area contributed by atoms with E-state index in [1.54, 1.807) is 11.3 Å². The van der Waals surface area contributed by atoms with Crippen LogP contribution in [-0.2, 0) is 16.6 Å². The number of benzene rings is 2. The molecule has 4 heteroatoms. The third-order valence-electron chi connectivity index (χ3n) is 5.70. The molecular weight excluding hydrogens is 352 g/mol. The molecule has 27 heavy (non-hydrogen) atoms. The van der Waals surface area contributed by atoms with E-state index in [9.17, 15) is 4.79 Å². The fourth-order valence-electron chi connectivity index (χ4n) is 4.19. The number of nitrogens with one attached hydrogen (secondary N) is 1. The second-order valence-electron chi connectivity index (χ2n) is 7.56. The van der Waals surface area contributed by atoms with Crippen molar-refractivity contribution in [3.63, 3.8) is 0 Å². The largest absolute Gasteiger partial charge is 0.355 e. The molecule has 3 nitrogen and oxygen atoms in total. The number of carbonyl (C=O) groups excluding carboxylic acids is 1. The highest BCUT2D eigenvalue weighted by Crippen LogP contribution is 2.40. The summed E-state index contributed by atoms with van der Waals surface area (Å²) in [6.45, 7) is 0.761. The van der Waals surface area contributed by atoms with Gasteiger partial charge in [-0.05, 0) is 43.4 Å². The molecule has 0 unspecified atom stereocenters. The summed E-state index contributed by atoms with van der Waals surface area (Å²) in [5.74, 6) is 0.165. The van der Waals surface area contributed by atoms with Crippen LogP contribution in [0.1, 0.15) is 49.1 Å². The first-order valence-electron chi connectivity index (χ1n) is 9.92. The SMILES string of the molecule is O=C(CCCc1nc2ccccc2s1)NCC1(c2ccccc2)CCCC1. The fourth-order valence-corrected chi connectivity index (χ4v) is 5.20. The van der Waals surface area contributed by atoms with Crippen LogP contribution in [0.2, 0.25) is 0 Å². The first-order valence-corrected chi connectivity index (χ1v) is 10.7.